The Morgan fingerprint density at radius 3 is 2.15 bits per heavy atom. The van der Waals surface area contributed by atoms with Crippen LogP contribution < -0.4 is 4.57 Å². The highest BCUT2D eigenvalue weighted by Gasteiger charge is 2.24. The summed E-state index contributed by atoms with van der Waals surface area (Å²) in [4.78, 5) is 0. The first kappa shape index (κ1) is 24.6. The molecule has 4 aromatic carbocycles. The zero-order valence-electron chi connectivity index (χ0n) is 23.0. The number of pyridine rings is 1. The number of aryl methyl sites for hydroxylation is 3. The Kier molecular flexibility index (Phi) is 6.04. The van der Waals surface area contributed by atoms with Crippen LogP contribution in [-0.4, -0.2) is 0 Å². The standard InChI is InChI=1S/C36H31N2O/c1-22(2)26-17-18-38(5)32(20-26)33-24(4)11-15-30-31-16-14-29(21-37)34(36(31)39-35(30)33)28-8-6-7-27(19-28)25-12-9-23(3)10-13-25/h6-20,22H,1-5H3/q+1. The van der Waals surface area contributed by atoms with Crippen molar-refractivity contribution in [2.75, 3.05) is 0 Å². The molecule has 0 amide bonds. The van der Waals surface area contributed by atoms with Gasteiger partial charge in [0, 0.05) is 28.5 Å². The smallest absolute Gasteiger partial charge is 0.216 e. The van der Waals surface area contributed by atoms with Crippen molar-refractivity contribution in [1.29, 1.82) is 5.26 Å². The summed E-state index contributed by atoms with van der Waals surface area (Å²) in [7, 11) is 2.08. The van der Waals surface area contributed by atoms with E-state index in [-0.39, 0.29) is 0 Å². The predicted octanol–water partition coefficient (Wildman–Crippen LogP) is 9.02. The molecule has 2 aromatic heterocycles. The van der Waals surface area contributed by atoms with Crippen molar-refractivity contribution in [2.45, 2.75) is 33.6 Å². The van der Waals surface area contributed by atoms with Crippen LogP contribution in [0.5, 0.6) is 0 Å². The van der Waals surface area contributed by atoms with Crippen LogP contribution in [-0.2, 0) is 7.05 Å². The van der Waals surface area contributed by atoms with E-state index in [0.717, 1.165) is 61.0 Å². The largest absolute Gasteiger partial charge is 0.454 e. The van der Waals surface area contributed by atoms with Crippen LogP contribution in [0.4, 0.5) is 0 Å². The fourth-order valence-corrected chi connectivity index (χ4v) is 5.49. The van der Waals surface area contributed by atoms with Gasteiger partial charge in [0.05, 0.1) is 17.2 Å². The summed E-state index contributed by atoms with van der Waals surface area (Å²) in [5.74, 6) is 0.422. The monoisotopic (exact) mass is 507 g/mol. The van der Waals surface area contributed by atoms with Gasteiger partial charge in [-0.1, -0.05) is 74.0 Å². The van der Waals surface area contributed by atoms with E-state index in [9.17, 15) is 5.26 Å². The van der Waals surface area contributed by atoms with E-state index in [1.54, 1.807) is 0 Å². The topological polar surface area (TPSA) is 40.8 Å². The Morgan fingerprint density at radius 1 is 0.744 bits per heavy atom. The van der Waals surface area contributed by atoms with Gasteiger partial charge in [0.2, 0.25) is 5.69 Å². The lowest BCUT2D eigenvalue weighted by molar-refractivity contribution is -0.660. The number of benzene rings is 4. The quantitative estimate of drug-likeness (QED) is 0.223. The maximum Gasteiger partial charge on any atom is 0.216 e. The van der Waals surface area contributed by atoms with Gasteiger partial charge in [0.25, 0.3) is 0 Å². The normalized spacial score (nSPS) is 11.4. The van der Waals surface area contributed by atoms with Crippen LogP contribution in [0.25, 0.3) is 55.4 Å². The molecule has 0 atom stereocenters. The second kappa shape index (κ2) is 9.57. The molecule has 39 heavy (non-hydrogen) atoms. The zero-order valence-corrected chi connectivity index (χ0v) is 23.0. The number of aromatic nitrogens is 1. The van der Waals surface area contributed by atoms with Gasteiger partial charge in [-0.3, -0.25) is 0 Å². The SMILES string of the molecule is Cc1ccc(-c2cccc(-c3c(C#N)ccc4c3oc3c(-c5cc(C(C)C)cc[n+]5C)c(C)ccc34)c2)cc1. The molecule has 6 aromatic rings. The number of rotatable bonds is 4. The number of fused-ring (bicyclic) bond motifs is 3. The summed E-state index contributed by atoms with van der Waals surface area (Å²) >= 11 is 0. The van der Waals surface area contributed by atoms with Crippen molar-refractivity contribution in [3.8, 4) is 39.6 Å². The predicted molar refractivity (Wildman–Crippen MR) is 159 cm³/mol. The lowest BCUT2D eigenvalue weighted by Gasteiger charge is -2.09. The Bertz CT molecular complexity index is 1920. The molecule has 6 rings (SSSR count). The number of hydrogen-bond acceptors (Lipinski definition) is 2. The molecule has 2 heterocycles. The summed E-state index contributed by atoms with van der Waals surface area (Å²) in [5, 5.41) is 12.2. The van der Waals surface area contributed by atoms with E-state index in [1.807, 2.05) is 12.1 Å². The molecule has 0 unspecified atom stereocenters. The number of furan rings is 1. The highest BCUT2D eigenvalue weighted by atomic mass is 16.3. The van der Waals surface area contributed by atoms with Gasteiger partial charge in [0.15, 0.2) is 6.20 Å². The Balaban J connectivity index is 1.63. The van der Waals surface area contributed by atoms with Gasteiger partial charge < -0.3 is 4.42 Å². The Labute approximate surface area is 229 Å². The van der Waals surface area contributed by atoms with Crippen molar-refractivity contribution in [1.82, 2.24) is 0 Å². The van der Waals surface area contributed by atoms with Crippen LogP contribution >= 0.6 is 0 Å². The van der Waals surface area contributed by atoms with E-state index >= 15 is 0 Å². The zero-order chi connectivity index (χ0) is 27.3. The van der Waals surface area contributed by atoms with E-state index in [0.29, 0.717) is 11.5 Å². The van der Waals surface area contributed by atoms with E-state index in [2.05, 4.69) is 124 Å². The first-order valence-corrected chi connectivity index (χ1v) is 13.4. The minimum absolute atomic E-state index is 0.422. The minimum Gasteiger partial charge on any atom is -0.454 e. The molecule has 190 valence electrons. The third-order valence-corrected chi connectivity index (χ3v) is 7.77. The average Bonchev–Trinajstić information content (AvgIpc) is 3.32. The second-order valence-corrected chi connectivity index (χ2v) is 10.8. The Hall–Kier alpha value is -4.68. The molecule has 0 spiro atoms. The summed E-state index contributed by atoms with van der Waals surface area (Å²) in [5.41, 5.74) is 12.2. The van der Waals surface area contributed by atoms with Gasteiger partial charge in [-0.05, 0) is 65.8 Å². The molecular weight excluding hydrogens is 476 g/mol. The average molecular weight is 508 g/mol. The van der Waals surface area contributed by atoms with Crippen LogP contribution in [0.15, 0.2) is 95.5 Å². The fraction of sp³-hybridized carbons (Fsp3) is 0.167. The van der Waals surface area contributed by atoms with E-state index in [4.69, 9.17) is 4.42 Å². The van der Waals surface area contributed by atoms with Crippen molar-refractivity contribution < 1.29 is 8.98 Å². The highest BCUT2D eigenvalue weighted by Crippen LogP contribution is 2.42. The number of hydrogen-bond donors (Lipinski definition) is 0. The molecule has 3 heteroatoms. The summed E-state index contributed by atoms with van der Waals surface area (Å²) in [6.07, 6.45) is 2.13. The van der Waals surface area contributed by atoms with Gasteiger partial charge in [0.1, 0.15) is 18.2 Å². The van der Waals surface area contributed by atoms with E-state index < -0.39 is 0 Å². The lowest BCUT2D eigenvalue weighted by Crippen LogP contribution is -2.31. The van der Waals surface area contributed by atoms with E-state index in [1.165, 1.54) is 11.1 Å². The van der Waals surface area contributed by atoms with Gasteiger partial charge in [-0.25, -0.2) is 4.57 Å². The summed E-state index contributed by atoms with van der Waals surface area (Å²) in [6.45, 7) is 8.66. The molecule has 0 aliphatic heterocycles. The third kappa shape index (κ3) is 4.19. The minimum atomic E-state index is 0.422. The molecule has 0 bridgehead atoms. The summed E-state index contributed by atoms with van der Waals surface area (Å²) < 4.78 is 8.96. The highest BCUT2D eigenvalue weighted by molar-refractivity contribution is 6.14. The van der Waals surface area contributed by atoms with Crippen molar-refractivity contribution in [3.63, 3.8) is 0 Å². The molecule has 3 nitrogen and oxygen atoms in total. The van der Waals surface area contributed by atoms with Crippen LogP contribution in [0.1, 0.15) is 42.0 Å². The first-order valence-electron chi connectivity index (χ1n) is 13.4. The molecule has 0 saturated heterocycles. The van der Waals surface area contributed by atoms with Gasteiger partial charge >= 0.3 is 0 Å². The second-order valence-electron chi connectivity index (χ2n) is 10.8. The van der Waals surface area contributed by atoms with Crippen molar-refractivity contribution >= 4 is 21.9 Å². The number of nitrogens with zero attached hydrogens (tertiary/aromatic N) is 2. The Morgan fingerprint density at radius 2 is 1.44 bits per heavy atom. The van der Waals surface area contributed by atoms with Crippen LogP contribution in [0.3, 0.4) is 0 Å². The van der Waals surface area contributed by atoms with Crippen molar-refractivity contribution in [2.24, 2.45) is 7.05 Å². The maximum absolute atomic E-state index is 10.1. The fourth-order valence-electron chi connectivity index (χ4n) is 5.49. The van der Waals surface area contributed by atoms with Crippen molar-refractivity contribution in [3.05, 3.63) is 113 Å². The van der Waals surface area contributed by atoms with Crippen LogP contribution in [0, 0.1) is 25.2 Å². The van der Waals surface area contributed by atoms with Crippen LogP contribution in [0.2, 0.25) is 0 Å². The van der Waals surface area contributed by atoms with Gasteiger partial charge in [-0.15, -0.1) is 0 Å². The third-order valence-electron chi connectivity index (χ3n) is 7.77. The molecule has 0 saturated carbocycles. The van der Waals surface area contributed by atoms with Gasteiger partial charge in [-0.2, -0.15) is 5.26 Å². The maximum atomic E-state index is 10.1. The lowest BCUT2D eigenvalue weighted by atomic mass is 9.93. The molecule has 0 radical (unpaired) electrons. The molecule has 0 aliphatic carbocycles. The summed E-state index contributed by atoms with van der Waals surface area (Å²) in [6, 6.07) is 32.1. The molecule has 0 fully saturated rings. The molecular formula is C36H31N2O+. The molecule has 0 N–H and O–H groups in total. The molecule has 0 aliphatic rings. The first-order chi connectivity index (χ1) is 18.9. The number of nitriles is 1.